The Labute approximate surface area is 176 Å². The molecule has 0 bridgehead atoms. The molecule has 0 radical (unpaired) electrons. The zero-order valence-corrected chi connectivity index (χ0v) is 16.4. The molecule has 1 aliphatic rings. The third-order valence-electron chi connectivity index (χ3n) is 4.71. The van der Waals surface area contributed by atoms with E-state index < -0.39 is 11.7 Å². The smallest absolute Gasteiger partial charge is 0.379 e. The number of amides is 1. The SMILES string of the molecule is O=C(Nc1cccc(Nc2nccc(CNc3cccc(C(F)(F)F)c3)n2)c1)C1CC1. The molecule has 1 amide bonds. The van der Waals surface area contributed by atoms with Crippen molar-refractivity contribution in [2.45, 2.75) is 25.6 Å². The number of nitrogens with one attached hydrogen (secondary N) is 3. The number of carbonyl (C=O) groups is 1. The van der Waals surface area contributed by atoms with Crippen LogP contribution in [0.4, 0.5) is 36.2 Å². The van der Waals surface area contributed by atoms with Crippen molar-refractivity contribution >= 4 is 28.9 Å². The van der Waals surface area contributed by atoms with Crippen molar-refractivity contribution in [3.8, 4) is 0 Å². The molecule has 0 saturated heterocycles. The lowest BCUT2D eigenvalue weighted by Gasteiger charge is -2.11. The Morgan fingerprint density at radius 2 is 1.74 bits per heavy atom. The van der Waals surface area contributed by atoms with Crippen LogP contribution in [0.25, 0.3) is 0 Å². The lowest BCUT2D eigenvalue weighted by Crippen LogP contribution is -2.13. The minimum atomic E-state index is -4.39. The summed E-state index contributed by atoms with van der Waals surface area (Å²) >= 11 is 0. The fraction of sp³-hybridized carbons (Fsp3) is 0.227. The quantitative estimate of drug-likeness (QED) is 0.483. The normalized spacial score (nSPS) is 13.5. The minimum Gasteiger partial charge on any atom is -0.379 e. The van der Waals surface area contributed by atoms with Gasteiger partial charge in [-0.3, -0.25) is 4.79 Å². The van der Waals surface area contributed by atoms with Crippen LogP contribution in [-0.2, 0) is 17.5 Å². The summed E-state index contributed by atoms with van der Waals surface area (Å²) in [7, 11) is 0. The molecule has 0 aliphatic heterocycles. The average Bonchev–Trinajstić information content (AvgIpc) is 3.58. The van der Waals surface area contributed by atoms with E-state index in [-0.39, 0.29) is 18.4 Å². The summed E-state index contributed by atoms with van der Waals surface area (Å²) in [6.07, 6.45) is -0.967. The minimum absolute atomic E-state index is 0.0241. The predicted molar refractivity (Wildman–Crippen MR) is 112 cm³/mol. The van der Waals surface area contributed by atoms with Gasteiger partial charge < -0.3 is 16.0 Å². The highest BCUT2D eigenvalue weighted by Crippen LogP contribution is 2.31. The van der Waals surface area contributed by atoms with Crippen LogP contribution in [-0.4, -0.2) is 15.9 Å². The van der Waals surface area contributed by atoms with Crippen LogP contribution in [0.5, 0.6) is 0 Å². The summed E-state index contributed by atoms with van der Waals surface area (Å²) in [4.78, 5) is 20.5. The number of halogens is 3. The van der Waals surface area contributed by atoms with E-state index in [9.17, 15) is 18.0 Å². The first kappa shape index (κ1) is 20.6. The van der Waals surface area contributed by atoms with Gasteiger partial charge in [-0.1, -0.05) is 12.1 Å². The maximum atomic E-state index is 12.9. The van der Waals surface area contributed by atoms with E-state index in [2.05, 4.69) is 25.9 Å². The monoisotopic (exact) mass is 427 g/mol. The molecule has 0 unspecified atom stereocenters. The molecule has 1 fully saturated rings. The van der Waals surface area contributed by atoms with E-state index in [0.717, 1.165) is 25.0 Å². The Kier molecular flexibility index (Phi) is 5.75. The van der Waals surface area contributed by atoms with E-state index in [4.69, 9.17) is 0 Å². The topological polar surface area (TPSA) is 78.9 Å². The van der Waals surface area contributed by atoms with E-state index in [0.29, 0.717) is 28.7 Å². The Balaban J connectivity index is 1.39. The van der Waals surface area contributed by atoms with Gasteiger partial charge in [0.1, 0.15) is 0 Å². The summed E-state index contributed by atoms with van der Waals surface area (Å²) < 4.78 is 38.6. The number of hydrogen-bond donors (Lipinski definition) is 3. The molecule has 1 saturated carbocycles. The third-order valence-corrected chi connectivity index (χ3v) is 4.71. The molecule has 160 valence electrons. The molecule has 3 N–H and O–H groups in total. The highest BCUT2D eigenvalue weighted by molar-refractivity contribution is 5.94. The van der Waals surface area contributed by atoms with Crippen LogP contribution >= 0.6 is 0 Å². The van der Waals surface area contributed by atoms with Crippen molar-refractivity contribution in [2.75, 3.05) is 16.0 Å². The van der Waals surface area contributed by atoms with Crippen LogP contribution in [0.15, 0.2) is 60.8 Å². The maximum absolute atomic E-state index is 12.9. The first-order valence-electron chi connectivity index (χ1n) is 9.78. The lowest BCUT2D eigenvalue weighted by molar-refractivity contribution is -0.137. The van der Waals surface area contributed by atoms with Gasteiger partial charge in [-0.15, -0.1) is 0 Å². The summed E-state index contributed by atoms with van der Waals surface area (Å²) in [5.74, 6) is 0.478. The number of anilines is 4. The maximum Gasteiger partial charge on any atom is 0.416 e. The Morgan fingerprint density at radius 1 is 1.00 bits per heavy atom. The van der Waals surface area contributed by atoms with Crippen LogP contribution in [0.2, 0.25) is 0 Å². The Hall–Kier alpha value is -3.62. The highest BCUT2D eigenvalue weighted by atomic mass is 19.4. The van der Waals surface area contributed by atoms with E-state index in [1.165, 1.54) is 6.07 Å². The fourth-order valence-corrected chi connectivity index (χ4v) is 2.95. The van der Waals surface area contributed by atoms with E-state index >= 15 is 0 Å². The largest absolute Gasteiger partial charge is 0.416 e. The number of aromatic nitrogens is 2. The molecular weight excluding hydrogens is 407 g/mol. The standard InChI is InChI=1S/C22H20F3N5O/c23-22(24,25)15-3-1-4-16(11-15)27-13-19-9-10-26-21(30-19)29-18-6-2-5-17(12-18)28-20(31)14-7-8-14/h1-6,9-12,14,27H,7-8,13H2,(H,28,31)(H,26,29,30). The summed E-state index contributed by atoms with van der Waals surface area (Å²) in [5.41, 5.74) is 1.63. The second kappa shape index (κ2) is 8.63. The van der Waals surface area contributed by atoms with Gasteiger partial charge in [0.15, 0.2) is 0 Å². The van der Waals surface area contributed by atoms with E-state index in [1.807, 2.05) is 18.2 Å². The zero-order valence-electron chi connectivity index (χ0n) is 16.4. The first-order chi connectivity index (χ1) is 14.9. The summed E-state index contributed by atoms with van der Waals surface area (Å²) in [5, 5.41) is 8.91. The van der Waals surface area contributed by atoms with Crippen LogP contribution in [0.3, 0.4) is 0 Å². The van der Waals surface area contributed by atoms with Crippen LogP contribution < -0.4 is 16.0 Å². The number of hydrogen-bond acceptors (Lipinski definition) is 5. The molecule has 1 aromatic heterocycles. The molecule has 3 aromatic rings. The number of nitrogens with zero attached hydrogens (tertiary/aromatic N) is 2. The van der Waals surface area contributed by atoms with Crippen molar-refractivity contribution < 1.29 is 18.0 Å². The van der Waals surface area contributed by atoms with Crippen LogP contribution in [0.1, 0.15) is 24.1 Å². The number of carbonyl (C=O) groups excluding carboxylic acids is 1. The second-order valence-electron chi connectivity index (χ2n) is 7.27. The first-order valence-corrected chi connectivity index (χ1v) is 9.78. The van der Waals surface area contributed by atoms with Gasteiger partial charge in [0.25, 0.3) is 0 Å². The molecule has 4 rings (SSSR count). The van der Waals surface area contributed by atoms with Gasteiger partial charge in [-0.2, -0.15) is 13.2 Å². The molecule has 6 nitrogen and oxygen atoms in total. The number of benzene rings is 2. The van der Waals surface area contributed by atoms with Crippen molar-refractivity contribution in [3.05, 3.63) is 72.1 Å². The van der Waals surface area contributed by atoms with Crippen LogP contribution in [0, 0.1) is 5.92 Å². The third kappa shape index (κ3) is 5.71. The lowest BCUT2D eigenvalue weighted by atomic mass is 10.2. The molecule has 2 aromatic carbocycles. The molecule has 9 heteroatoms. The van der Waals surface area contributed by atoms with Crippen molar-refractivity contribution in [1.29, 1.82) is 0 Å². The molecule has 1 heterocycles. The van der Waals surface area contributed by atoms with Gasteiger partial charge in [-0.05, 0) is 55.3 Å². The van der Waals surface area contributed by atoms with Crippen molar-refractivity contribution in [1.82, 2.24) is 9.97 Å². The second-order valence-corrected chi connectivity index (χ2v) is 7.27. The molecule has 1 aliphatic carbocycles. The number of rotatable bonds is 7. The molecule has 0 atom stereocenters. The van der Waals surface area contributed by atoms with Gasteiger partial charge in [0.05, 0.1) is 17.8 Å². The van der Waals surface area contributed by atoms with Crippen molar-refractivity contribution in [3.63, 3.8) is 0 Å². The Bertz CT molecular complexity index is 1080. The van der Waals surface area contributed by atoms with Gasteiger partial charge in [0.2, 0.25) is 11.9 Å². The highest BCUT2D eigenvalue weighted by Gasteiger charge is 2.30. The van der Waals surface area contributed by atoms with Gasteiger partial charge >= 0.3 is 6.18 Å². The van der Waals surface area contributed by atoms with E-state index in [1.54, 1.807) is 24.4 Å². The molecule has 0 spiro atoms. The number of alkyl halides is 3. The summed E-state index contributed by atoms with van der Waals surface area (Å²) in [6.45, 7) is 0.232. The average molecular weight is 427 g/mol. The predicted octanol–water partition coefficient (Wildman–Crippen LogP) is 5.20. The fourth-order valence-electron chi connectivity index (χ4n) is 2.95. The Morgan fingerprint density at radius 3 is 2.52 bits per heavy atom. The molecular formula is C22H20F3N5O. The van der Waals surface area contributed by atoms with Crippen molar-refractivity contribution in [2.24, 2.45) is 5.92 Å². The van der Waals surface area contributed by atoms with Gasteiger partial charge in [0, 0.05) is 29.2 Å². The summed E-state index contributed by atoms with van der Waals surface area (Å²) in [6, 6.07) is 13.9. The van der Waals surface area contributed by atoms with Gasteiger partial charge in [-0.25, -0.2) is 9.97 Å². The molecule has 31 heavy (non-hydrogen) atoms. The zero-order chi connectivity index (χ0) is 21.8.